The van der Waals surface area contributed by atoms with Crippen molar-refractivity contribution >= 4 is 16.9 Å². The fraction of sp³-hybridized carbons (Fsp3) is 0.160. The molecule has 0 saturated carbocycles. The van der Waals surface area contributed by atoms with Crippen LogP contribution in [-0.2, 0) is 21.4 Å². The molecule has 1 N–H and O–H groups in total. The van der Waals surface area contributed by atoms with Crippen LogP contribution in [0, 0.1) is 0 Å². The number of carbonyl (C=O) groups excluding carboxylic acids is 1. The zero-order valence-electron chi connectivity index (χ0n) is 16.0. The number of hydrogen-bond acceptors (Lipinski definition) is 2. The zero-order chi connectivity index (χ0) is 19.3. The highest BCUT2D eigenvalue weighted by atomic mass is 16.5. The zero-order valence-corrected chi connectivity index (χ0v) is 16.0. The molecular formula is C25H21NO2. The Hall–Kier alpha value is -3.33. The molecule has 1 aromatic heterocycles. The minimum Gasteiger partial charge on any atom is -0.469 e. The normalized spacial score (nSPS) is 13.9. The van der Waals surface area contributed by atoms with Crippen LogP contribution < -0.4 is 0 Å². The predicted molar refractivity (Wildman–Crippen MR) is 111 cm³/mol. The molecule has 0 spiro atoms. The summed E-state index contributed by atoms with van der Waals surface area (Å²) in [6, 6.07) is 25.3. The third kappa shape index (κ3) is 2.19. The van der Waals surface area contributed by atoms with E-state index >= 15 is 0 Å². The number of H-pyrrole nitrogens is 1. The van der Waals surface area contributed by atoms with Gasteiger partial charge in [-0.25, -0.2) is 0 Å². The Morgan fingerprint density at radius 3 is 2.11 bits per heavy atom. The Labute approximate surface area is 164 Å². The van der Waals surface area contributed by atoms with Crippen LogP contribution in [0.5, 0.6) is 0 Å². The number of esters is 1. The molecular weight excluding hydrogens is 346 g/mol. The van der Waals surface area contributed by atoms with Crippen molar-refractivity contribution < 1.29 is 9.53 Å². The highest BCUT2D eigenvalue weighted by Crippen LogP contribution is 2.53. The Balaban J connectivity index is 1.85. The van der Waals surface area contributed by atoms with E-state index < -0.39 is 0 Å². The second-order valence-electron chi connectivity index (χ2n) is 7.49. The van der Waals surface area contributed by atoms with Gasteiger partial charge in [0.1, 0.15) is 0 Å². The van der Waals surface area contributed by atoms with Crippen molar-refractivity contribution in [1.29, 1.82) is 0 Å². The number of ether oxygens (including phenoxy) is 1. The maximum Gasteiger partial charge on any atom is 0.310 e. The SMILES string of the molecule is COC(=O)Cc1c(C2(C)c3ccccc3-c3ccccc32)[nH]c2ccccc12. The summed E-state index contributed by atoms with van der Waals surface area (Å²) >= 11 is 0. The Kier molecular flexibility index (Phi) is 3.66. The van der Waals surface area contributed by atoms with Crippen LogP contribution in [0.25, 0.3) is 22.0 Å². The van der Waals surface area contributed by atoms with Gasteiger partial charge in [-0.2, -0.15) is 0 Å². The summed E-state index contributed by atoms with van der Waals surface area (Å²) in [5.41, 5.74) is 7.77. The first-order chi connectivity index (χ1) is 13.6. The maximum absolute atomic E-state index is 12.2. The molecule has 0 fully saturated rings. The number of rotatable bonds is 3. The molecule has 3 aromatic carbocycles. The Morgan fingerprint density at radius 2 is 1.46 bits per heavy atom. The molecule has 28 heavy (non-hydrogen) atoms. The van der Waals surface area contributed by atoms with Crippen LogP contribution in [0.1, 0.15) is 29.3 Å². The van der Waals surface area contributed by atoms with Crippen molar-refractivity contribution in [2.45, 2.75) is 18.8 Å². The number of carbonyl (C=O) groups is 1. The van der Waals surface area contributed by atoms with Crippen LogP contribution in [-0.4, -0.2) is 18.1 Å². The first-order valence-electron chi connectivity index (χ1n) is 9.51. The fourth-order valence-electron chi connectivity index (χ4n) is 4.75. The molecule has 3 heteroatoms. The molecule has 1 heterocycles. The lowest BCUT2D eigenvalue weighted by molar-refractivity contribution is -0.139. The summed E-state index contributed by atoms with van der Waals surface area (Å²) in [4.78, 5) is 15.9. The molecule has 0 unspecified atom stereocenters. The Morgan fingerprint density at radius 1 is 0.893 bits per heavy atom. The van der Waals surface area contributed by atoms with Crippen LogP contribution in [0.3, 0.4) is 0 Å². The van der Waals surface area contributed by atoms with E-state index in [0.29, 0.717) is 0 Å². The van der Waals surface area contributed by atoms with E-state index in [0.717, 1.165) is 22.2 Å². The lowest BCUT2D eigenvalue weighted by Gasteiger charge is -2.28. The van der Waals surface area contributed by atoms with Gasteiger partial charge in [0.15, 0.2) is 0 Å². The van der Waals surface area contributed by atoms with Crippen LogP contribution >= 0.6 is 0 Å². The van der Waals surface area contributed by atoms with Gasteiger partial charge >= 0.3 is 5.97 Å². The summed E-state index contributed by atoms with van der Waals surface area (Å²) in [5.74, 6) is -0.228. The van der Waals surface area contributed by atoms with E-state index in [9.17, 15) is 4.79 Å². The molecule has 3 nitrogen and oxygen atoms in total. The minimum atomic E-state index is -0.366. The lowest BCUT2D eigenvalue weighted by Crippen LogP contribution is -2.25. The molecule has 0 amide bonds. The highest BCUT2D eigenvalue weighted by Gasteiger charge is 2.43. The van der Waals surface area contributed by atoms with Gasteiger partial charge in [0.05, 0.1) is 18.9 Å². The van der Waals surface area contributed by atoms with Crippen molar-refractivity contribution in [2.75, 3.05) is 7.11 Å². The second kappa shape index (κ2) is 6.10. The van der Waals surface area contributed by atoms with E-state index in [1.807, 2.05) is 12.1 Å². The topological polar surface area (TPSA) is 42.1 Å². The third-order valence-electron chi connectivity index (χ3n) is 6.08. The standard InChI is InChI=1S/C25H21NO2/c1-25(20-12-6-3-9-16(20)17-10-4-7-13-21(17)25)24-19(15-23(27)28-2)18-11-5-8-14-22(18)26-24/h3-14,26H,15H2,1-2H3. The van der Waals surface area contributed by atoms with Crippen molar-refractivity contribution in [3.63, 3.8) is 0 Å². The van der Waals surface area contributed by atoms with Gasteiger partial charge < -0.3 is 9.72 Å². The van der Waals surface area contributed by atoms with Crippen LogP contribution in [0.15, 0.2) is 72.8 Å². The quantitative estimate of drug-likeness (QED) is 0.505. The monoisotopic (exact) mass is 367 g/mol. The fourth-order valence-corrected chi connectivity index (χ4v) is 4.75. The molecule has 1 aliphatic rings. The number of para-hydroxylation sites is 1. The molecule has 0 radical (unpaired) electrons. The molecule has 0 aliphatic heterocycles. The van der Waals surface area contributed by atoms with Crippen molar-refractivity contribution in [3.8, 4) is 11.1 Å². The summed E-state index contributed by atoms with van der Waals surface area (Å²) in [6.45, 7) is 2.25. The first kappa shape index (κ1) is 16.8. The van der Waals surface area contributed by atoms with Gasteiger partial charge in [-0.05, 0) is 40.8 Å². The number of benzene rings is 3. The highest BCUT2D eigenvalue weighted by molar-refractivity contribution is 5.92. The van der Waals surface area contributed by atoms with E-state index in [1.165, 1.54) is 29.4 Å². The van der Waals surface area contributed by atoms with Crippen molar-refractivity contribution in [2.24, 2.45) is 0 Å². The second-order valence-corrected chi connectivity index (χ2v) is 7.49. The number of aromatic amines is 1. The molecule has 138 valence electrons. The van der Waals surface area contributed by atoms with Gasteiger partial charge in [-0.3, -0.25) is 4.79 Å². The van der Waals surface area contributed by atoms with Gasteiger partial charge in [0, 0.05) is 16.6 Å². The predicted octanol–water partition coefficient (Wildman–Crippen LogP) is 5.22. The molecule has 0 bridgehead atoms. The van der Waals surface area contributed by atoms with Crippen LogP contribution in [0.2, 0.25) is 0 Å². The number of nitrogens with one attached hydrogen (secondary N) is 1. The van der Waals surface area contributed by atoms with Crippen molar-refractivity contribution in [3.05, 3.63) is 95.2 Å². The third-order valence-corrected chi connectivity index (χ3v) is 6.08. The maximum atomic E-state index is 12.2. The smallest absolute Gasteiger partial charge is 0.310 e. The average Bonchev–Trinajstić information content (AvgIpc) is 3.23. The van der Waals surface area contributed by atoms with Crippen LogP contribution in [0.4, 0.5) is 0 Å². The molecule has 5 rings (SSSR count). The summed E-state index contributed by atoms with van der Waals surface area (Å²) in [6.07, 6.45) is 0.246. The molecule has 1 aliphatic carbocycles. The van der Waals surface area contributed by atoms with Gasteiger partial charge in [0.25, 0.3) is 0 Å². The van der Waals surface area contributed by atoms with E-state index in [2.05, 4.69) is 72.6 Å². The number of aromatic nitrogens is 1. The summed E-state index contributed by atoms with van der Waals surface area (Å²) in [7, 11) is 1.44. The van der Waals surface area contributed by atoms with E-state index in [-0.39, 0.29) is 17.8 Å². The first-order valence-corrected chi connectivity index (χ1v) is 9.51. The van der Waals surface area contributed by atoms with E-state index in [4.69, 9.17) is 4.74 Å². The molecule has 0 saturated heterocycles. The lowest BCUT2D eigenvalue weighted by atomic mass is 9.75. The Bertz CT molecular complexity index is 1170. The molecule has 0 atom stereocenters. The van der Waals surface area contributed by atoms with Crippen molar-refractivity contribution in [1.82, 2.24) is 4.98 Å². The molecule has 4 aromatic rings. The minimum absolute atomic E-state index is 0.228. The van der Waals surface area contributed by atoms with Gasteiger partial charge in [0.2, 0.25) is 0 Å². The number of hydrogen-bond donors (Lipinski definition) is 1. The summed E-state index contributed by atoms with van der Waals surface area (Å²) in [5, 5.41) is 1.07. The number of fused-ring (bicyclic) bond motifs is 4. The van der Waals surface area contributed by atoms with E-state index in [1.54, 1.807) is 0 Å². The average molecular weight is 367 g/mol. The summed E-state index contributed by atoms with van der Waals surface area (Å²) < 4.78 is 5.01. The van der Waals surface area contributed by atoms with Gasteiger partial charge in [-0.15, -0.1) is 0 Å². The largest absolute Gasteiger partial charge is 0.469 e. The van der Waals surface area contributed by atoms with Gasteiger partial charge in [-0.1, -0.05) is 66.7 Å². The number of methoxy groups -OCH3 is 1.